The van der Waals surface area contributed by atoms with Crippen LogP contribution in [0, 0.1) is 0 Å². The molecule has 1 aliphatic rings. The third-order valence-electron chi connectivity index (χ3n) is 4.33. The van der Waals surface area contributed by atoms with Gasteiger partial charge < -0.3 is 10.2 Å². The van der Waals surface area contributed by atoms with Crippen molar-refractivity contribution in [3.05, 3.63) is 52.6 Å². The summed E-state index contributed by atoms with van der Waals surface area (Å²) in [5.41, 5.74) is 1.17. The highest BCUT2D eigenvalue weighted by molar-refractivity contribution is 5.38. The van der Waals surface area contributed by atoms with E-state index in [0.29, 0.717) is 6.04 Å². The van der Waals surface area contributed by atoms with Crippen molar-refractivity contribution in [3.63, 3.8) is 0 Å². The van der Waals surface area contributed by atoms with Crippen LogP contribution in [0.4, 0.5) is 5.82 Å². The molecule has 2 aromatic rings. The van der Waals surface area contributed by atoms with Crippen molar-refractivity contribution < 1.29 is 0 Å². The van der Waals surface area contributed by atoms with Crippen molar-refractivity contribution in [2.45, 2.75) is 31.8 Å². The standard InChI is InChI=1S/C17H23N5O/c1-21-17(23)6-5-16(20-21)22-11-3-2-4-15(22)13-19-12-14-7-9-18-10-8-14/h5-10,15,19H,2-4,11-13H2,1H3. The first-order chi connectivity index (χ1) is 11.2. The van der Waals surface area contributed by atoms with Crippen molar-refractivity contribution >= 4 is 5.82 Å². The van der Waals surface area contributed by atoms with Gasteiger partial charge in [-0.05, 0) is 43.0 Å². The first-order valence-corrected chi connectivity index (χ1v) is 8.14. The van der Waals surface area contributed by atoms with E-state index in [-0.39, 0.29) is 5.56 Å². The van der Waals surface area contributed by atoms with Gasteiger partial charge in [-0.1, -0.05) is 0 Å². The Kier molecular flexibility index (Phi) is 5.02. The van der Waals surface area contributed by atoms with E-state index in [0.717, 1.165) is 31.9 Å². The zero-order valence-corrected chi connectivity index (χ0v) is 13.5. The molecule has 0 bridgehead atoms. The van der Waals surface area contributed by atoms with Crippen molar-refractivity contribution in [2.75, 3.05) is 18.0 Å². The maximum Gasteiger partial charge on any atom is 0.266 e. The summed E-state index contributed by atoms with van der Waals surface area (Å²) in [6.07, 6.45) is 7.19. The van der Waals surface area contributed by atoms with Crippen LogP contribution in [0.2, 0.25) is 0 Å². The topological polar surface area (TPSA) is 63.1 Å². The Morgan fingerprint density at radius 1 is 1.22 bits per heavy atom. The van der Waals surface area contributed by atoms with E-state index >= 15 is 0 Å². The maximum absolute atomic E-state index is 11.5. The van der Waals surface area contributed by atoms with Crippen LogP contribution in [0.5, 0.6) is 0 Å². The summed E-state index contributed by atoms with van der Waals surface area (Å²) in [6, 6.07) is 7.90. The second-order valence-electron chi connectivity index (χ2n) is 5.98. The fourth-order valence-corrected chi connectivity index (χ4v) is 3.04. The van der Waals surface area contributed by atoms with Gasteiger partial charge in [0.05, 0.1) is 0 Å². The molecule has 1 N–H and O–H groups in total. The van der Waals surface area contributed by atoms with Gasteiger partial charge in [0.25, 0.3) is 5.56 Å². The molecule has 6 heteroatoms. The highest BCUT2D eigenvalue weighted by atomic mass is 16.1. The highest BCUT2D eigenvalue weighted by Crippen LogP contribution is 2.21. The van der Waals surface area contributed by atoms with Crippen LogP contribution in [0.3, 0.4) is 0 Å². The van der Waals surface area contributed by atoms with Gasteiger partial charge in [-0.25, -0.2) is 4.68 Å². The third kappa shape index (κ3) is 3.96. The molecular weight excluding hydrogens is 290 g/mol. The quantitative estimate of drug-likeness (QED) is 0.902. The molecule has 23 heavy (non-hydrogen) atoms. The van der Waals surface area contributed by atoms with Crippen molar-refractivity contribution in [1.82, 2.24) is 20.1 Å². The Bertz CT molecular complexity index is 685. The lowest BCUT2D eigenvalue weighted by Crippen LogP contribution is -2.46. The number of aromatic nitrogens is 3. The lowest BCUT2D eigenvalue weighted by molar-refractivity contribution is 0.429. The molecule has 2 aromatic heterocycles. The second-order valence-corrected chi connectivity index (χ2v) is 5.98. The molecule has 1 atom stereocenters. The zero-order valence-electron chi connectivity index (χ0n) is 13.5. The molecule has 3 heterocycles. The average Bonchev–Trinajstić information content (AvgIpc) is 2.59. The number of pyridine rings is 1. The number of nitrogens with one attached hydrogen (secondary N) is 1. The normalized spacial score (nSPS) is 18.1. The van der Waals surface area contributed by atoms with Gasteiger partial charge in [0, 0.05) is 51.2 Å². The SMILES string of the molecule is Cn1nc(N2CCCCC2CNCc2ccncc2)ccc1=O. The van der Waals surface area contributed by atoms with Gasteiger partial charge >= 0.3 is 0 Å². The summed E-state index contributed by atoms with van der Waals surface area (Å²) in [4.78, 5) is 17.9. The molecule has 0 aliphatic carbocycles. The molecule has 1 unspecified atom stereocenters. The number of nitrogens with zero attached hydrogens (tertiary/aromatic N) is 4. The number of hydrogen-bond donors (Lipinski definition) is 1. The number of aryl methyl sites for hydroxylation is 1. The van der Waals surface area contributed by atoms with Gasteiger partial charge in [0.15, 0.2) is 0 Å². The van der Waals surface area contributed by atoms with E-state index in [2.05, 4.69) is 20.3 Å². The Hall–Kier alpha value is -2.21. The lowest BCUT2D eigenvalue weighted by Gasteiger charge is -2.36. The van der Waals surface area contributed by atoms with Gasteiger partial charge in [0.1, 0.15) is 5.82 Å². The number of rotatable bonds is 5. The van der Waals surface area contributed by atoms with Crippen molar-refractivity contribution in [1.29, 1.82) is 0 Å². The average molecular weight is 313 g/mol. The van der Waals surface area contributed by atoms with Crippen molar-refractivity contribution in [2.24, 2.45) is 7.05 Å². The Morgan fingerprint density at radius 3 is 2.83 bits per heavy atom. The van der Waals surface area contributed by atoms with E-state index in [4.69, 9.17) is 0 Å². The first kappa shape index (κ1) is 15.7. The summed E-state index contributed by atoms with van der Waals surface area (Å²) in [7, 11) is 1.70. The molecule has 122 valence electrons. The molecule has 1 aliphatic heterocycles. The summed E-state index contributed by atoms with van der Waals surface area (Å²) < 4.78 is 1.41. The monoisotopic (exact) mass is 313 g/mol. The molecule has 0 saturated carbocycles. The maximum atomic E-state index is 11.5. The fraction of sp³-hybridized carbons (Fsp3) is 0.471. The van der Waals surface area contributed by atoms with Crippen LogP contribution >= 0.6 is 0 Å². The smallest absolute Gasteiger partial charge is 0.266 e. The summed E-state index contributed by atoms with van der Waals surface area (Å²) in [6.45, 7) is 2.74. The van der Waals surface area contributed by atoms with Crippen LogP contribution in [-0.4, -0.2) is 33.9 Å². The molecular formula is C17H23N5O. The summed E-state index contributed by atoms with van der Waals surface area (Å²) >= 11 is 0. The largest absolute Gasteiger partial charge is 0.351 e. The molecule has 0 aromatic carbocycles. The minimum absolute atomic E-state index is 0.0712. The van der Waals surface area contributed by atoms with E-state index in [1.165, 1.54) is 23.1 Å². The third-order valence-corrected chi connectivity index (χ3v) is 4.33. The van der Waals surface area contributed by atoms with E-state index < -0.39 is 0 Å². The van der Waals surface area contributed by atoms with Crippen LogP contribution in [0.15, 0.2) is 41.5 Å². The second kappa shape index (κ2) is 7.37. The Labute approximate surface area is 136 Å². The van der Waals surface area contributed by atoms with Crippen LogP contribution in [0.1, 0.15) is 24.8 Å². The number of anilines is 1. The van der Waals surface area contributed by atoms with Gasteiger partial charge in [-0.15, -0.1) is 0 Å². The van der Waals surface area contributed by atoms with Crippen LogP contribution < -0.4 is 15.8 Å². The summed E-state index contributed by atoms with van der Waals surface area (Å²) in [5, 5.41) is 7.94. The molecule has 3 rings (SSSR count). The minimum atomic E-state index is -0.0712. The van der Waals surface area contributed by atoms with Gasteiger partial charge in [0.2, 0.25) is 0 Å². The minimum Gasteiger partial charge on any atom is -0.351 e. The lowest BCUT2D eigenvalue weighted by atomic mass is 10.0. The first-order valence-electron chi connectivity index (χ1n) is 8.14. The molecule has 1 fully saturated rings. The highest BCUT2D eigenvalue weighted by Gasteiger charge is 2.23. The molecule has 0 spiro atoms. The predicted molar refractivity (Wildman–Crippen MR) is 90.4 cm³/mol. The van der Waals surface area contributed by atoms with E-state index in [1.807, 2.05) is 30.6 Å². The van der Waals surface area contributed by atoms with Crippen LogP contribution in [0.25, 0.3) is 0 Å². The number of hydrogen-bond acceptors (Lipinski definition) is 5. The van der Waals surface area contributed by atoms with E-state index in [1.54, 1.807) is 13.1 Å². The molecule has 1 saturated heterocycles. The van der Waals surface area contributed by atoms with Crippen molar-refractivity contribution in [3.8, 4) is 0 Å². The van der Waals surface area contributed by atoms with E-state index in [9.17, 15) is 4.79 Å². The van der Waals surface area contributed by atoms with Gasteiger partial charge in [-0.3, -0.25) is 9.78 Å². The predicted octanol–water partition coefficient (Wildman–Crippen LogP) is 1.32. The molecule has 0 radical (unpaired) electrons. The Morgan fingerprint density at radius 2 is 2.04 bits per heavy atom. The van der Waals surface area contributed by atoms with Crippen LogP contribution in [-0.2, 0) is 13.6 Å². The van der Waals surface area contributed by atoms with Gasteiger partial charge in [-0.2, -0.15) is 5.10 Å². The zero-order chi connectivity index (χ0) is 16.1. The Balaban J connectivity index is 1.64. The summed E-state index contributed by atoms with van der Waals surface area (Å²) in [5.74, 6) is 0.891. The molecule has 0 amide bonds. The molecule has 6 nitrogen and oxygen atoms in total. The fourth-order valence-electron chi connectivity index (χ4n) is 3.04. The number of piperidine rings is 1.